The van der Waals surface area contributed by atoms with Gasteiger partial charge < -0.3 is 5.11 Å². The smallest absolute Gasteiger partial charge is 0.289 e. The van der Waals surface area contributed by atoms with Crippen LogP contribution in [0.2, 0.25) is 5.02 Å². The maximum Gasteiger partial charge on any atom is 0.289 e. The Hall–Kier alpha value is -3.24. The lowest BCUT2D eigenvalue weighted by Crippen LogP contribution is -2.13. The van der Waals surface area contributed by atoms with Crippen LogP contribution in [0.4, 0.5) is 11.4 Å². The summed E-state index contributed by atoms with van der Waals surface area (Å²) in [5, 5.41) is 20.7. The van der Waals surface area contributed by atoms with E-state index < -0.39 is 38.0 Å². The molecule has 2 aromatic rings. The second-order valence-corrected chi connectivity index (χ2v) is 7.60. The number of nitrogens with zero attached hydrogens (tertiary/aromatic N) is 1. The molecule has 0 aromatic heterocycles. The van der Waals surface area contributed by atoms with E-state index in [1.807, 2.05) is 0 Å². The minimum absolute atomic E-state index is 0.0188. The first-order valence-corrected chi connectivity index (χ1v) is 9.40. The number of ketones is 2. The highest BCUT2D eigenvalue weighted by Gasteiger charge is 2.21. The lowest BCUT2D eigenvalue weighted by molar-refractivity contribution is -0.384. The number of hydrogen-bond acceptors (Lipinski definition) is 7. The third-order valence-corrected chi connectivity index (χ3v) is 5.15. The number of carbonyl (C=O) groups is 2. The van der Waals surface area contributed by atoms with Gasteiger partial charge in [0.2, 0.25) is 5.78 Å². The van der Waals surface area contributed by atoms with Gasteiger partial charge in [-0.25, -0.2) is 8.42 Å². The molecule has 0 fully saturated rings. The zero-order valence-corrected chi connectivity index (χ0v) is 15.8. The quantitative estimate of drug-likeness (QED) is 0.228. The fourth-order valence-corrected chi connectivity index (χ4v) is 3.32. The van der Waals surface area contributed by atoms with Gasteiger partial charge in [-0.05, 0) is 24.3 Å². The van der Waals surface area contributed by atoms with E-state index in [4.69, 9.17) is 11.6 Å². The number of rotatable bonds is 7. The van der Waals surface area contributed by atoms with Crippen LogP contribution in [0.5, 0.6) is 0 Å². The topological polar surface area (TPSA) is 144 Å². The highest BCUT2D eigenvalue weighted by atomic mass is 35.5. The second kappa shape index (κ2) is 8.19. The molecule has 2 N–H and O–H groups in total. The van der Waals surface area contributed by atoms with Gasteiger partial charge in [-0.1, -0.05) is 23.7 Å². The van der Waals surface area contributed by atoms with Crippen LogP contribution in [0.1, 0.15) is 12.5 Å². The number of nitro benzene ring substituents is 1. The van der Waals surface area contributed by atoms with Crippen LogP contribution in [0.15, 0.2) is 53.4 Å². The molecule has 2 rings (SSSR count). The van der Waals surface area contributed by atoms with Gasteiger partial charge in [-0.15, -0.1) is 0 Å². The molecule has 0 amide bonds. The summed E-state index contributed by atoms with van der Waals surface area (Å²) >= 11 is 5.68. The normalized spacial score (nSPS) is 11.7. The van der Waals surface area contributed by atoms with Gasteiger partial charge in [-0.2, -0.15) is 0 Å². The average molecular weight is 425 g/mol. The van der Waals surface area contributed by atoms with Gasteiger partial charge in [0, 0.05) is 30.3 Å². The highest BCUT2D eigenvalue weighted by Crippen LogP contribution is 2.28. The molecule has 0 aliphatic heterocycles. The fraction of sp³-hybridized carbons (Fsp3) is 0.0588. The van der Waals surface area contributed by atoms with Gasteiger partial charge >= 0.3 is 0 Å². The third-order valence-electron chi connectivity index (χ3n) is 3.45. The molecular formula is C17H13ClN2O7S. The number of allylic oxidation sites excluding steroid dienone is 1. The number of carbonyl (C=O) groups excluding carboxylic acids is 2. The van der Waals surface area contributed by atoms with Crippen molar-refractivity contribution in [2.75, 3.05) is 4.72 Å². The number of nitrogens with one attached hydrogen (secondary N) is 1. The molecule has 0 aliphatic rings. The summed E-state index contributed by atoms with van der Waals surface area (Å²) in [7, 11) is -4.20. The largest absolute Gasteiger partial charge is 0.507 e. The molecule has 2 aromatic carbocycles. The van der Waals surface area contributed by atoms with Gasteiger partial charge in [0.25, 0.3) is 15.7 Å². The lowest BCUT2D eigenvalue weighted by atomic mass is 10.1. The van der Waals surface area contributed by atoms with E-state index in [9.17, 15) is 33.2 Å². The maximum atomic E-state index is 12.5. The standard InChI is InChI=1S/C17H13ClN2O7S/c1-10(21)16(22)9-17(23)11-3-2-4-12(7-11)19-28(26,27)13-5-6-14(18)15(8-13)20(24)25/h2-9,19,23H,1H3. The molecular weight excluding hydrogens is 412 g/mol. The lowest BCUT2D eigenvalue weighted by Gasteiger charge is -2.10. The molecule has 0 saturated heterocycles. The summed E-state index contributed by atoms with van der Waals surface area (Å²) in [4.78, 5) is 32.1. The van der Waals surface area contributed by atoms with Crippen LogP contribution in [-0.2, 0) is 19.6 Å². The maximum absolute atomic E-state index is 12.5. The van der Waals surface area contributed by atoms with Crippen molar-refractivity contribution in [2.45, 2.75) is 11.8 Å². The molecule has 11 heteroatoms. The summed E-state index contributed by atoms with van der Waals surface area (Å²) in [5.74, 6) is -2.21. The summed E-state index contributed by atoms with van der Waals surface area (Å²) in [6.07, 6.45) is 0.721. The first-order valence-electron chi connectivity index (χ1n) is 7.54. The third kappa shape index (κ3) is 4.93. The van der Waals surface area contributed by atoms with Crippen LogP contribution in [0.3, 0.4) is 0 Å². The van der Waals surface area contributed by atoms with Crippen molar-refractivity contribution >= 4 is 50.3 Å². The fourth-order valence-electron chi connectivity index (χ4n) is 2.06. The zero-order valence-electron chi connectivity index (χ0n) is 14.2. The molecule has 28 heavy (non-hydrogen) atoms. The van der Waals surface area contributed by atoms with Crippen molar-refractivity contribution in [3.05, 3.63) is 69.2 Å². The van der Waals surface area contributed by atoms with E-state index in [0.29, 0.717) is 0 Å². The Morgan fingerprint density at radius 1 is 1.21 bits per heavy atom. The van der Waals surface area contributed by atoms with E-state index >= 15 is 0 Å². The summed E-state index contributed by atoms with van der Waals surface area (Å²) in [5.41, 5.74) is -0.469. The SMILES string of the molecule is CC(=O)C(=O)C=C(O)c1cccc(NS(=O)(=O)c2ccc(Cl)c([N+](=O)[O-])c2)c1. The van der Waals surface area contributed by atoms with Crippen LogP contribution < -0.4 is 4.72 Å². The Morgan fingerprint density at radius 3 is 2.50 bits per heavy atom. The van der Waals surface area contributed by atoms with Crippen molar-refractivity contribution in [1.82, 2.24) is 0 Å². The molecule has 0 atom stereocenters. The minimum atomic E-state index is -4.20. The molecule has 146 valence electrons. The van der Waals surface area contributed by atoms with Gasteiger partial charge in [0.1, 0.15) is 10.8 Å². The molecule has 0 heterocycles. The molecule has 0 spiro atoms. The zero-order chi connectivity index (χ0) is 21.1. The van der Waals surface area contributed by atoms with Gasteiger partial charge in [0.05, 0.1) is 9.82 Å². The van der Waals surface area contributed by atoms with Gasteiger partial charge in [0.15, 0.2) is 5.78 Å². The summed E-state index contributed by atoms with van der Waals surface area (Å²) in [6.45, 7) is 1.04. The van der Waals surface area contributed by atoms with E-state index in [-0.39, 0.29) is 21.2 Å². The van der Waals surface area contributed by atoms with Crippen LogP contribution in [0.25, 0.3) is 5.76 Å². The number of Topliss-reactive ketones (excluding diaryl/α,β-unsaturated/α-hetero) is 1. The van der Waals surface area contributed by atoms with Crippen molar-refractivity contribution in [1.29, 1.82) is 0 Å². The number of nitro groups is 1. The average Bonchev–Trinajstić information content (AvgIpc) is 2.61. The van der Waals surface area contributed by atoms with Crippen molar-refractivity contribution < 1.29 is 28.0 Å². The number of aliphatic hydroxyl groups is 1. The molecule has 0 bridgehead atoms. The van der Waals surface area contributed by atoms with E-state index in [1.54, 1.807) is 0 Å². The van der Waals surface area contributed by atoms with Crippen molar-refractivity contribution in [3.63, 3.8) is 0 Å². The second-order valence-electron chi connectivity index (χ2n) is 5.51. The first kappa shape index (κ1) is 21.1. The van der Waals surface area contributed by atoms with Gasteiger partial charge in [-0.3, -0.25) is 24.4 Å². The number of benzene rings is 2. The number of hydrogen-bond donors (Lipinski definition) is 2. The van der Waals surface area contributed by atoms with Crippen molar-refractivity contribution in [3.8, 4) is 0 Å². The number of sulfonamides is 1. The molecule has 0 unspecified atom stereocenters. The summed E-state index contributed by atoms with van der Waals surface area (Å²) in [6, 6.07) is 8.39. The predicted molar refractivity (Wildman–Crippen MR) is 102 cm³/mol. The van der Waals surface area contributed by atoms with Crippen LogP contribution >= 0.6 is 11.6 Å². The minimum Gasteiger partial charge on any atom is -0.507 e. The van der Waals surface area contributed by atoms with Crippen LogP contribution in [-0.4, -0.2) is 30.0 Å². The Bertz CT molecular complexity index is 1110. The van der Waals surface area contributed by atoms with E-state index in [1.165, 1.54) is 24.3 Å². The van der Waals surface area contributed by atoms with E-state index in [0.717, 1.165) is 31.2 Å². The Labute approximate surface area is 164 Å². The number of halogens is 1. The molecule has 0 aliphatic carbocycles. The predicted octanol–water partition coefficient (Wildman–Crippen LogP) is 3.11. The number of aliphatic hydroxyl groups excluding tert-OH is 1. The number of anilines is 1. The molecule has 9 nitrogen and oxygen atoms in total. The Morgan fingerprint density at radius 2 is 1.89 bits per heavy atom. The Kier molecular flexibility index (Phi) is 6.16. The molecule has 0 saturated carbocycles. The molecule has 0 radical (unpaired) electrons. The van der Waals surface area contributed by atoms with Crippen LogP contribution in [0, 0.1) is 10.1 Å². The first-order chi connectivity index (χ1) is 13.0. The monoisotopic (exact) mass is 424 g/mol. The van der Waals surface area contributed by atoms with Crippen molar-refractivity contribution in [2.24, 2.45) is 0 Å². The Balaban J connectivity index is 2.35. The summed E-state index contributed by atoms with van der Waals surface area (Å²) < 4.78 is 27.2. The van der Waals surface area contributed by atoms with E-state index in [2.05, 4.69) is 4.72 Å². The highest BCUT2D eigenvalue weighted by molar-refractivity contribution is 7.92.